The van der Waals surface area contributed by atoms with Gasteiger partial charge in [0.25, 0.3) is 0 Å². The number of carbonyl (C=O) groups is 2. The molecule has 3 rings (SSSR count). The van der Waals surface area contributed by atoms with Crippen LogP contribution in [-0.2, 0) is 22.5 Å². The molecule has 0 bridgehead atoms. The fourth-order valence-electron chi connectivity index (χ4n) is 2.87. The van der Waals surface area contributed by atoms with Gasteiger partial charge in [0.15, 0.2) is 5.13 Å². The number of halogens is 1. The molecule has 2 heterocycles. The van der Waals surface area contributed by atoms with Crippen molar-refractivity contribution in [1.82, 2.24) is 14.9 Å². The van der Waals surface area contributed by atoms with Gasteiger partial charge < -0.3 is 25.0 Å². The summed E-state index contributed by atoms with van der Waals surface area (Å²) in [4.78, 5) is 44.4. The van der Waals surface area contributed by atoms with E-state index in [1.165, 1.54) is 22.3 Å². The normalized spacial score (nSPS) is 11.5. The van der Waals surface area contributed by atoms with Crippen LogP contribution in [0.1, 0.15) is 32.0 Å². The van der Waals surface area contributed by atoms with Gasteiger partial charge in [0.1, 0.15) is 16.9 Å². The zero-order valence-corrected chi connectivity index (χ0v) is 20.9. The van der Waals surface area contributed by atoms with Crippen LogP contribution in [0.25, 0.3) is 10.2 Å². The number of nitrogens with one attached hydrogen (secondary N) is 2. The number of rotatable bonds is 7. The SMILES string of the molecule is CC(C)(C)OC(=O)N(CCc1ccc(O)c2[nH]c(=O)sc12)Cc1csc(NC(=O)CBr)n1. The van der Waals surface area contributed by atoms with Crippen molar-refractivity contribution in [2.75, 3.05) is 17.2 Å². The van der Waals surface area contributed by atoms with Gasteiger partial charge in [0.05, 0.1) is 22.3 Å². The molecule has 1 aromatic carbocycles. The number of hydrogen-bond acceptors (Lipinski definition) is 8. The summed E-state index contributed by atoms with van der Waals surface area (Å²) in [6, 6.07) is 3.27. The standard InChI is InChI=1S/C20H23BrN4O5S2/c1-20(2,3)30-19(29)25(9-12-10-31-17(22-12)23-14(27)8-21)7-6-11-4-5-13(26)15-16(11)32-18(28)24-15/h4-5,10,26H,6-9H2,1-3H3,(H,24,28)(H,22,23,27). The zero-order chi connectivity index (χ0) is 23.5. The Balaban J connectivity index is 1.79. The second-order valence-corrected chi connectivity index (χ2v) is 10.3. The van der Waals surface area contributed by atoms with Gasteiger partial charge in [0, 0.05) is 11.9 Å². The minimum absolute atomic E-state index is 0.00614. The van der Waals surface area contributed by atoms with Crippen LogP contribution in [0.4, 0.5) is 9.93 Å². The number of H-pyrrole nitrogens is 1. The molecule has 12 heteroatoms. The quantitative estimate of drug-likeness (QED) is 0.386. The minimum Gasteiger partial charge on any atom is -0.506 e. The van der Waals surface area contributed by atoms with Crippen molar-refractivity contribution >= 4 is 66.0 Å². The van der Waals surface area contributed by atoms with Gasteiger partial charge in [-0.25, -0.2) is 9.78 Å². The summed E-state index contributed by atoms with van der Waals surface area (Å²) in [5, 5.41) is 15.1. The molecule has 0 atom stereocenters. The fourth-order valence-corrected chi connectivity index (χ4v) is 4.63. The molecule has 9 nitrogen and oxygen atoms in total. The number of carbonyl (C=O) groups excluding carboxylic acids is 2. The third-order valence-electron chi connectivity index (χ3n) is 4.21. The lowest BCUT2D eigenvalue weighted by Crippen LogP contribution is -2.37. The molecule has 32 heavy (non-hydrogen) atoms. The molecule has 0 spiro atoms. The Morgan fingerprint density at radius 1 is 1.34 bits per heavy atom. The summed E-state index contributed by atoms with van der Waals surface area (Å²) in [5.41, 5.74) is 1.18. The lowest BCUT2D eigenvalue weighted by atomic mass is 10.1. The van der Waals surface area contributed by atoms with Gasteiger partial charge in [0.2, 0.25) is 5.91 Å². The smallest absolute Gasteiger partial charge is 0.410 e. The van der Waals surface area contributed by atoms with E-state index < -0.39 is 11.7 Å². The monoisotopic (exact) mass is 542 g/mol. The van der Waals surface area contributed by atoms with Crippen molar-refractivity contribution in [2.45, 2.75) is 39.3 Å². The molecule has 0 saturated carbocycles. The molecule has 172 valence electrons. The van der Waals surface area contributed by atoms with E-state index >= 15 is 0 Å². The van der Waals surface area contributed by atoms with Crippen LogP contribution in [0.3, 0.4) is 0 Å². The summed E-state index contributed by atoms with van der Waals surface area (Å²) in [6.45, 7) is 5.88. The molecule has 0 saturated heterocycles. The van der Waals surface area contributed by atoms with Gasteiger partial charge in [-0.3, -0.25) is 9.59 Å². The van der Waals surface area contributed by atoms with Crippen molar-refractivity contribution in [2.24, 2.45) is 0 Å². The van der Waals surface area contributed by atoms with E-state index in [4.69, 9.17) is 4.74 Å². The Labute approximate surface area is 200 Å². The first-order valence-corrected chi connectivity index (χ1v) is 12.5. The van der Waals surface area contributed by atoms with Crippen LogP contribution in [-0.4, -0.2) is 49.5 Å². The lowest BCUT2D eigenvalue weighted by Gasteiger charge is -2.27. The van der Waals surface area contributed by atoms with Crippen molar-refractivity contribution in [1.29, 1.82) is 0 Å². The van der Waals surface area contributed by atoms with Crippen molar-refractivity contribution < 1.29 is 19.4 Å². The Kier molecular flexibility index (Phi) is 7.57. The summed E-state index contributed by atoms with van der Waals surface area (Å²) in [5.74, 6) is -0.205. The van der Waals surface area contributed by atoms with Crippen molar-refractivity contribution in [3.05, 3.63) is 38.4 Å². The molecule has 0 aliphatic carbocycles. The molecular weight excluding hydrogens is 520 g/mol. The number of hydrogen-bond donors (Lipinski definition) is 3. The first kappa shape index (κ1) is 24.2. The summed E-state index contributed by atoms with van der Waals surface area (Å²) in [7, 11) is 0. The number of alkyl halides is 1. The van der Waals surface area contributed by atoms with Gasteiger partial charge in [-0.15, -0.1) is 11.3 Å². The maximum atomic E-state index is 12.8. The number of phenolic OH excluding ortho intramolecular Hbond substituents is 1. The van der Waals surface area contributed by atoms with Gasteiger partial charge >= 0.3 is 11.0 Å². The number of benzene rings is 1. The molecular formula is C20H23BrN4O5S2. The largest absolute Gasteiger partial charge is 0.506 e. The van der Waals surface area contributed by atoms with Crippen LogP contribution in [0.15, 0.2) is 22.3 Å². The number of aromatic amines is 1. The Morgan fingerprint density at radius 3 is 2.78 bits per heavy atom. The molecule has 0 aliphatic rings. The van der Waals surface area contributed by atoms with Crippen LogP contribution in [0.5, 0.6) is 5.75 Å². The van der Waals surface area contributed by atoms with E-state index in [1.807, 2.05) is 0 Å². The molecule has 0 unspecified atom stereocenters. The molecule has 2 aromatic heterocycles. The number of fused-ring (bicyclic) bond motifs is 1. The van der Waals surface area contributed by atoms with Crippen molar-refractivity contribution in [3.63, 3.8) is 0 Å². The van der Waals surface area contributed by atoms with E-state index in [9.17, 15) is 19.5 Å². The van der Waals surface area contributed by atoms with Gasteiger partial charge in [-0.1, -0.05) is 33.3 Å². The number of thiazole rings is 2. The van der Waals surface area contributed by atoms with E-state index in [2.05, 4.69) is 31.2 Å². The van der Waals surface area contributed by atoms with E-state index in [0.29, 0.717) is 34.0 Å². The van der Waals surface area contributed by atoms with Crippen LogP contribution < -0.4 is 10.2 Å². The molecule has 0 aliphatic heterocycles. The molecule has 2 amide bonds. The highest BCUT2D eigenvalue weighted by molar-refractivity contribution is 9.09. The Bertz CT molecular complexity index is 1180. The Morgan fingerprint density at radius 2 is 2.09 bits per heavy atom. The van der Waals surface area contributed by atoms with E-state index in [-0.39, 0.29) is 28.4 Å². The van der Waals surface area contributed by atoms with Crippen LogP contribution in [0.2, 0.25) is 0 Å². The molecule has 0 radical (unpaired) electrons. The first-order chi connectivity index (χ1) is 15.1. The predicted octanol–water partition coefficient (Wildman–Crippen LogP) is 4.06. The molecule has 3 aromatic rings. The Hall–Kier alpha value is -2.44. The number of anilines is 1. The maximum Gasteiger partial charge on any atom is 0.410 e. The number of amides is 2. The highest BCUT2D eigenvalue weighted by Gasteiger charge is 2.23. The summed E-state index contributed by atoms with van der Waals surface area (Å²) in [6.07, 6.45) is -0.0463. The molecule has 3 N–H and O–H groups in total. The van der Waals surface area contributed by atoms with Crippen molar-refractivity contribution in [3.8, 4) is 5.75 Å². The van der Waals surface area contributed by atoms with Gasteiger partial charge in [-0.2, -0.15) is 0 Å². The minimum atomic E-state index is -0.668. The third kappa shape index (κ3) is 6.30. The zero-order valence-electron chi connectivity index (χ0n) is 17.7. The highest BCUT2D eigenvalue weighted by Crippen LogP contribution is 2.28. The fraction of sp³-hybridized carbons (Fsp3) is 0.400. The summed E-state index contributed by atoms with van der Waals surface area (Å²) >= 11 is 5.38. The average Bonchev–Trinajstić information content (AvgIpc) is 3.31. The van der Waals surface area contributed by atoms with Crippen LogP contribution in [0, 0.1) is 0 Å². The number of phenols is 1. The first-order valence-electron chi connectivity index (χ1n) is 9.67. The number of nitrogens with zero attached hydrogens (tertiary/aromatic N) is 2. The van der Waals surface area contributed by atoms with Crippen LogP contribution >= 0.6 is 38.6 Å². The summed E-state index contributed by atoms with van der Waals surface area (Å²) < 4.78 is 6.21. The second kappa shape index (κ2) is 10.0. The average molecular weight is 543 g/mol. The van der Waals surface area contributed by atoms with E-state index in [1.54, 1.807) is 32.2 Å². The maximum absolute atomic E-state index is 12.8. The number of aromatic nitrogens is 2. The second-order valence-electron chi connectivity index (χ2n) is 7.94. The lowest BCUT2D eigenvalue weighted by molar-refractivity contribution is -0.113. The highest BCUT2D eigenvalue weighted by atomic mass is 79.9. The van der Waals surface area contributed by atoms with Gasteiger partial charge in [-0.05, 0) is 38.8 Å². The third-order valence-corrected chi connectivity index (χ3v) is 6.49. The number of aromatic hydroxyl groups is 1. The van der Waals surface area contributed by atoms with E-state index in [0.717, 1.165) is 16.9 Å². The predicted molar refractivity (Wildman–Crippen MR) is 129 cm³/mol. The topological polar surface area (TPSA) is 125 Å². The number of ether oxygens (including phenoxy) is 1. The molecule has 0 fully saturated rings.